The smallest absolute Gasteiger partial charge is 0.106 e. The summed E-state index contributed by atoms with van der Waals surface area (Å²) in [6.07, 6.45) is 2.57. The highest BCUT2D eigenvalue weighted by atomic mass is 35.5. The van der Waals surface area contributed by atoms with Gasteiger partial charge in [0, 0.05) is 36.0 Å². The molecule has 2 N–H and O–H groups in total. The second-order valence-electron chi connectivity index (χ2n) is 5.29. The van der Waals surface area contributed by atoms with Crippen LogP contribution >= 0.6 is 23.8 Å². The van der Waals surface area contributed by atoms with Crippen molar-refractivity contribution in [3.8, 4) is 0 Å². The number of benzene rings is 1. The second-order valence-corrected chi connectivity index (χ2v) is 6.17. The Morgan fingerprint density at radius 2 is 2.25 bits per heavy atom. The van der Waals surface area contributed by atoms with Crippen molar-refractivity contribution in [2.75, 3.05) is 25.2 Å². The Bertz CT molecular complexity index is 491. The molecule has 0 amide bonds. The van der Waals surface area contributed by atoms with Crippen LogP contribution in [0.15, 0.2) is 18.2 Å². The number of methoxy groups -OCH3 is 1. The summed E-state index contributed by atoms with van der Waals surface area (Å²) in [4.78, 5) is 2.73. The molecule has 3 nitrogen and oxygen atoms in total. The first-order chi connectivity index (χ1) is 9.54. The number of hydrogen-bond donors (Lipinski definition) is 1. The number of nitrogens with zero attached hydrogens (tertiary/aromatic N) is 1. The standard InChI is InChI=1S/C15H21ClN2OS/c1-10(11-3-4-11)18(7-8-19-2)14-9-12(16)5-6-13(14)15(17)20/h5-6,9-11H,3-4,7-8H2,1-2H3,(H2,17,20). The minimum Gasteiger partial charge on any atom is -0.389 e. The molecule has 0 aromatic heterocycles. The molecule has 0 heterocycles. The van der Waals surface area contributed by atoms with Crippen LogP contribution in [-0.4, -0.2) is 31.3 Å². The van der Waals surface area contributed by atoms with E-state index in [9.17, 15) is 0 Å². The van der Waals surface area contributed by atoms with Crippen LogP contribution in [0.25, 0.3) is 0 Å². The van der Waals surface area contributed by atoms with Gasteiger partial charge in [-0.1, -0.05) is 23.8 Å². The Morgan fingerprint density at radius 1 is 1.55 bits per heavy atom. The van der Waals surface area contributed by atoms with Crippen molar-refractivity contribution in [1.29, 1.82) is 0 Å². The fraction of sp³-hybridized carbons (Fsp3) is 0.533. The van der Waals surface area contributed by atoms with Crippen molar-refractivity contribution < 1.29 is 4.74 Å². The average molecular weight is 313 g/mol. The SMILES string of the molecule is COCCN(c1cc(Cl)ccc1C(N)=S)C(C)C1CC1. The fourth-order valence-corrected chi connectivity index (χ4v) is 2.86. The van der Waals surface area contributed by atoms with Crippen molar-refractivity contribution >= 4 is 34.5 Å². The van der Waals surface area contributed by atoms with E-state index in [0.717, 1.165) is 23.7 Å². The van der Waals surface area contributed by atoms with E-state index in [1.165, 1.54) is 12.8 Å². The van der Waals surface area contributed by atoms with Crippen molar-refractivity contribution in [2.45, 2.75) is 25.8 Å². The molecule has 20 heavy (non-hydrogen) atoms. The molecule has 1 aliphatic carbocycles. The third-order valence-corrected chi connectivity index (χ3v) is 4.32. The van der Waals surface area contributed by atoms with Crippen LogP contribution < -0.4 is 10.6 Å². The third kappa shape index (κ3) is 3.62. The van der Waals surface area contributed by atoms with E-state index in [2.05, 4.69) is 11.8 Å². The van der Waals surface area contributed by atoms with Gasteiger partial charge >= 0.3 is 0 Å². The van der Waals surface area contributed by atoms with E-state index >= 15 is 0 Å². The molecule has 1 saturated carbocycles. The number of rotatable bonds is 7. The van der Waals surface area contributed by atoms with Crippen LogP contribution in [0.2, 0.25) is 5.02 Å². The molecular weight excluding hydrogens is 292 g/mol. The second kappa shape index (κ2) is 6.74. The van der Waals surface area contributed by atoms with E-state index < -0.39 is 0 Å². The van der Waals surface area contributed by atoms with E-state index in [-0.39, 0.29) is 0 Å². The Hall–Kier alpha value is -0.840. The highest BCUT2D eigenvalue weighted by Gasteiger charge is 2.33. The summed E-state index contributed by atoms with van der Waals surface area (Å²) in [6, 6.07) is 6.12. The summed E-state index contributed by atoms with van der Waals surface area (Å²) in [6.45, 7) is 3.72. The van der Waals surface area contributed by atoms with Gasteiger partial charge in [-0.3, -0.25) is 0 Å². The van der Waals surface area contributed by atoms with Crippen LogP contribution in [0.4, 0.5) is 5.69 Å². The molecule has 5 heteroatoms. The van der Waals surface area contributed by atoms with Crippen molar-refractivity contribution in [3.63, 3.8) is 0 Å². The van der Waals surface area contributed by atoms with Crippen LogP contribution in [0, 0.1) is 5.92 Å². The Morgan fingerprint density at radius 3 is 2.80 bits per heavy atom. The predicted molar refractivity (Wildman–Crippen MR) is 88.7 cm³/mol. The van der Waals surface area contributed by atoms with Gasteiger partial charge in [0.1, 0.15) is 4.99 Å². The van der Waals surface area contributed by atoms with Crippen molar-refractivity contribution in [2.24, 2.45) is 11.7 Å². The molecule has 0 radical (unpaired) electrons. The van der Waals surface area contributed by atoms with Crippen LogP contribution in [-0.2, 0) is 4.74 Å². The largest absolute Gasteiger partial charge is 0.389 e. The van der Waals surface area contributed by atoms with Crippen LogP contribution in [0.5, 0.6) is 0 Å². The van der Waals surface area contributed by atoms with E-state index in [1.807, 2.05) is 18.2 Å². The number of anilines is 1. The number of hydrogen-bond acceptors (Lipinski definition) is 3. The van der Waals surface area contributed by atoms with Crippen molar-refractivity contribution in [3.05, 3.63) is 28.8 Å². The molecule has 1 atom stereocenters. The average Bonchev–Trinajstić information content (AvgIpc) is 3.23. The number of nitrogens with two attached hydrogens (primary N) is 1. The van der Waals surface area contributed by atoms with Gasteiger partial charge in [0.05, 0.1) is 6.61 Å². The third-order valence-electron chi connectivity index (χ3n) is 3.87. The van der Waals surface area contributed by atoms with Gasteiger partial charge in [-0.25, -0.2) is 0 Å². The Kier molecular flexibility index (Phi) is 5.24. The molecular formula is C15H21ClN2OS. The van der Waals surface area contributed by atoms with E-state index in [1.54, 1.807) is 7.11 Å². The minimum atomic E-state index is 0.405. The topological polar surface area (TPSA) is 38.5 Å². The molecule has 2 rings (SSSR count). The van der Waals surface area contributed by atoms with Gasteiger partial charge in [-0.05, 0) is 43.9 Å². The first-order valence-corrected chi connectivity index (χ1v) is 7.68. The van der Waals surface area contributed by atoms with Gasteiger partial charge in [-0.2, -0.15) is 0 Å². The molecule has 0 aliphatic heterocycles. The fourth-order valence-electron chi connectivity index (χ4n) is 2.52. The molecule has 110 valence electrons. The lowest BCUT2D eigenvalue weighted by atomic mass is 10.1. The summed E-state index contributed by atoms with van der Waals surface area (Å²) in [5, 5.41) is 0.699. The van der Waals surface area contributed by atoms with Crippen molar-refractivity contribution in [1.82, 2.24) is 0 Å². The zero-order chi connectivity index (χ0) is 14.7. The first-order valence-electron chi connectivity index (χ1n) is 6.89. The number of thiocarbonyl (C=S) groups is 1. The van der Waals surface area contributed by atoms with Gasteiger partial charge in [-0.15, -0.1) is 0 Å². The van der Waals surface area contributed by atoms with Crippen LogP contribution in [0.1, 0.15) is 25.3 Å². The maximum Gasteiger partial charge on any atom is 0.106 e. The number of ether oxygens (including phenoxy) is 1. The highest BCUT2D eigenvalue weighted by molar-refractivity contribution is 7.80. The molecule has 1 aliphatic rings. The highest BCUT2D eigenvalue weighted by Crippen LogP contribution is 2.38. The molecule has 1 unspecified atom stereocenters. The summed E-state index contributed by atoms with van der Waals surface area (Å²) in [5.41, 5.74) is 7.75. The van der Waals surface area contributed by atoms with E-state index in [4.69, 9.17) is 34.3 Å². The monoisotopic (exact) mass is 312 g/mol. The molecule has 1 fully saturated rings. The molecule has 0 saturated heterocycles. The molecule has 0 spiro atoms. The molecule has 1 aromatic rings. The quantitative estimate of drug-likeness (QED) is 0.785. The lowest BCUT2D eigenvalue weighted by Crippen LogP contribution is -2.38. The zero-order valence-corrected chi connectivity index (χ0v) is 13.5. The first kappa shape index (κ1) is 15.5. The van der Waals surface area contributed by atoms with E-state index in [0.29, 0.717) is 22.7 Å². The summed E-state index contributed by atoms with van der Waals surface area (Å²) < 4.78 is 5.24. The zero-order valence-electron chi connectivity index (χ0n) is 11.9. The summed E-state index contributed by atoms with van der Waals surface area (Å²) in [7, 11) is 1.71. The van der Waals surface area contributed by atoms with Gasteiger partial charge in [0.2, 0.25) is 0 Å². The summed E-state index contributed by atoms with van der Waals surface area (Å²) >= 11 is 11.3. The number of halogens is 1. The lowest BCUT2D eigenvalue weighted by molar-refractivity contribution is 0.202. The Labute approximate surface area is 131 Å². The van der Waals surface area contributed by atoms with Gasteiger partial charge in [0.15, 0.2) is 0 Å². The minimum absolute atomic E-state index is 0.405. The van der Waals surface area contributed by atoms with Crippen LogP contribution in [0.3, 0.4) is 0 Å². The maximum absolute atomic E-state index is 6.16. The molecule has 1 aromatic carbocycles. The normalized spacial score (nSPS) is 15.9. The Balaban J connectivity index is 2.35. The maximum atomic E-state index is 6.16. The lowest BCUT2D eigenvalue weighted by Gasteiger charge is -2.33. The van der Waals surface area contributed by atoms with Gasteiger partial charge in [0.25, 0.3) is 0 Å². The van der Waals surface area contributed by atoms with Gasteiger partial charge < -0.3 is 15.4 Å². The molecule has 0 bridgehead atoms. The predicted octanol–water partition coefficient (Wildman–Crippen LogP) is 3.23. The summed E-state index contributed by atoms with van der Waals surface area (Å²) in [5.74, 6) is 0.741.